The molecule has 0 aromatic heterocycles. The zero-order valence-corrected chi connectivity index (χ0v) is 6.98. The summed E-state index contributed by atoms with van der Waals surface area (Å²) in [7, 11) is 0. The molecule has 1 saturated heterocycles. The zero-order valence-electron chi connectivity index (χ0n) is 6.98. The van der Waals surface area contributed by atoms with E-state index >= 15 is 0 Å². The number of ether oxygens (including phenoxy) is 2. The van der Waals surface area contributed by atoms with Gasteiger partial charge >= 0.3 is 23.9 Å². The predicted molar refractivity (Wildman–Crippen MR) is 36.8 cm³/mol. The number of carbonyl (C=O) groups excluding carboxylic acids is 2. The quantitative estimate of drug-likeness (QED) is 0.332. The normalized spacial score (nSPS) is 36.5. The van der Waals surface area contributed by atoms with Crippen molar-refractivity contribution in [2.24, 2.45) is 0 Å². The van der Waals surface area contributed by atoms with Gasteiger partial charge in [0, 0.05) is 0 Å². The number of aliphatic hydroxyl groups excluding tert-OH is 2. The number of aliphatic carboxylic acids is 1. The summed E-state index contributed by atoms with van der Waals surface area (Å²) in [4.78, 5) is 32.0. The Morgan fingerprint density at radius 3 is 1.73 bits per heavy atom. The van der Waals surface area contributed by atoms with Crippen molar-refractivity contribution in [1.29, 1.82) is 0 Å². The largest absolute Gasteiger partial charge is 0.478 e. The lowest BCUT2D eigenvalue weighted by atomic mass is 10.2. The Morgan fingerprint density at radius 2 is 1.47 bits per heavy atom. The molecule has 1 rings (SSSR count). The summed E-state index contributed by atoms with van der Waals surface area (Å²) in [5.74, 6) is -9.10. The Labute approximate surface area is 81.4 Å². The number of carbonyl (C=O) groups is 3. The van der Waals surface area contributed by atoms with Gasteiger partial charge in [-0.1, -0.05) is 0 Å². The van der Waals surface area contributed by atoms with Crippen molar-refractivity contribution < 1.29 is 44.3 Å². The first-order chi connectivity index (χ1) is 6.78. The summed E-state index contributed by atoms with van der Waals surface area (Å²) in [6.07, 6.45) is -4.63. The van der Waals surface area contributed by atoms with Crippen LogP contribution in [0.2, 0.25) is 0 Å². The molecule has 15 heavy (non-hydrogen) atoms. The minimum absolute atomic E-state index is 1.70. The second kappa shape index (κ2) is 3.46. The molecule has 0 saturated carbocycles. The number of carboxylic acid groups (broad SMARTS) is 1. The molecule has 0 aliphatic carbocycles. The topological polar surface area (TPSA) is 151 Å². The van der Waals surface area contributed by atoms with Crippen molar-refractivity contribution in [2.45, 2.75) is 18.2 Å². The van der Waals surface area contributed by atoms with Crippen LogP contribution in [0, 0.1) is 0 Å². The molecule has 4 N–H and O–H groups in total. The van der Waals surface area contributed by atoms with Gasteiger partial charge in [0.15, 0.2) is 12.2 Å². The van der Waals surface area contributed by atoms with E-state index in [4.69, 9.17) is 20.4 Å². The van der Waals surface area contributed by atoms with Gasteiger partial charge in [-0.2, -0.15) is 0 Å². The number of carboxylic acids is 1. The summed E-state index contributed by atoms with van der Waals surface area (Å²) in [6.45, 7) is 0. The molecule has 9 heteroatoms. The molecule has 9 nitrogen and oxygen atoms in total. The van der Waals surface area contributed by atoms with Crippen molar-refractivity contribution in [1.82, 2.24) is 0 Å². The number of rotatable bonds is 1. The zero-order chi connectivity index (χ0) is 11.8. The molecular weight excluding hydrogens is 216 g/mol. The minimum atomic E-state index is -3.54. The minimum Gasteiger partial charge on any atom is -0.473 e. The van der Waals surface area contributed by atoms with Crippen LogP contribution in [-0.2, 0) is 23.9 Å². The van der Waals surface area contributed by atoms with Crippen molar-refractivity contribution >= 4 is 17.9 Å². The fourth-order valence-corrected chi connectivity index (χ4v) is 0.759. The van der Waals surface area contributed by atoms with E-state index in [1.165, 1.54) is 0 Å². The number of hydrogen-bond acceptors (Lipinski definition) is 8. The molecule has 2 unspecified atom stereocenters. The lowest BCUT2D eigenvalue weighted by Crippen LogP contribution is -2.46. The second-order valence-corrected chi connectivity index (χ2v) is 2.62. The molecule has 0 bridgehead atoms. The first-order valence-corrected chi connectivity index (χ1v) is 3.55. The summed E-state index contributed by atoms with van der Waals surface area (Å²) < 4.78 is 7.55. The Morgan fingerprint density at radius 1 is 1.13 bits per heavy atom. The lowest BCUT2D eigenvalue weighted by Gasteiger charge is -2.18. The second-order valence-electron chi connectivity index (χ2n) is 2.62. The van der Waals surface area contributed by atoms with Gasteiger partial charge in [-0.15, -0.1) is 0 Å². The van der Waals surface area contributed by atoms with Crippen LogP contribution in [-0.4, -0.2) is 56.5 Å². The third-order valence-corrected chi connectivity index (χ3v) is 1.53. The van der Waals surface area contributed by atoms with Gasteiger partial charge in [0.2, 0.25) is 0 Å². The highest BCUT2D eigenvalue weighted by molar-refractivity contribution is 5.91. The van der Waals surface area contributed by atoms with Crippen LogP contribution in [0.3, 0.4) is 0 Å². The van der Waals surface area contributed by atoms with Crippen LogP contribution >= 0.6 is 0 Å². The summed E-state index contributed by atoms with van der Waals surface area (Å²) >= 11 is 0. The summed E-state index contributed by atoms with van der Waals surface area (Å²) in [5.41, 5.74) is 0. The van der Waals surface area contributed by atoms with Crippen LogP contribution in [0.25, 0.3) is 0 Å². The first-order valence-electron chi connectivity index (χ1n) is 3.55. The van der Waals surface area contributed by atoms with E-state index in [-0.39, 0.29) is 0 Å². The van der Waals surface area contributed by atoms with Gasteiger partial charge in [0.1, 0.15) is 0 Å². The van der Waals surface area contributed by atoms with Gasteiger partial charge < -0.3 is 29.9 Å². The molecule has 1 fully saturated rings. The van der Waals surface area contributed by atoms with E-state index < -0.39 is 36.1 Å². The van der Waals surface area contributed by atoms with Gasteiger partial charge in [-0.25, -0.2) is 14.4 Å². The van der Waals surface area contributed by atoms with Gasteiger partial charge in [-0.3, -0.25) is 0 Å². The van der Waals surface area contributed by atoms with Crippen LogP contribution in [0.4, 0.5) is 0 Å². The molecule has 84 valence electrons. The molecule has 0 radical (unpaired) electrons. The fraction of sp³-hybridized carbons (Fsp3) is 0.500. The van der Waals surface area contributed by atoms with Crippen LogP contribution < -0.4 is 0 Å². The average Bonchev–Trinajstić information content (AvgIpc) is 2.19. The monoisotopic (exact) mass is 222 g/mol. The van der Waals surface area contributed by atoms with Crippen LogP contribution in [0.1, 0.15) is 0 Å². The van der Waals surface area contributed by atoms with E-state index in [0.717, 1.165) is 0 Å². The van der Waals surface area contributed by atoms with Crippen molar-refractivity contribution in [3.63, 3.8) is 0 Å². The molecule has 1 aliphatic heterocycles. The molecular formula is C6H6O9. The lowest BCUT2D eigenvalue weighted by molar-refractivity contribution is -0.312. The van der Waals surface area contributed by atoms with E-state index in [1.54, 1.807) is 0 Å². The van der Waals surface area contributed by atoms with Crippen molar-refractivity contribution in [3.8, 4) is 0 Å². The number of esters is 2. The maximum absolute atomic E-state index is 10.8. The molecule has 0 amide bonds. The average molecular weight is 222 g/mol. The van der Waals surface area contributed by atoms with E-state index in [0.29, 0.717) is 0 Å². The third kappa shape index (κ3) is 1.88. The number of aliphatic hydroxyl groups is 3. The first kappa shape index (κ1) is 11.4. The Kier molecular flexibility index (Phi) is 2.62. The fourth-order valence-electron chi connectivity index (χ4n) is 0.759. The molecule has 0 spiro atoms. The molecule has 1 heterocycles. The van der Waals surface area contributed by atoms with E-state index in [1.807, 2.05) is 0 Å². The highest BCUT2D eigenvalue weighted by Crippen LogP contribution is 2.18. The Bertz CT molecular complexity index is 299. The van der Waals surface area contributed by atoms with E-state index in [9.17, 15) is 14.4 Å². The van der Waals surface area contributed by atoms with Gasteiger partial charge in [-0.05, 0) is 0 Å². The Balaban J connectivity index is 3.05. The maximum Gasteiger partial charge on any atom is 0.478 e. The summed E-state index contributed by atoms with van der Waals surface area (Å²) in [5, 5.41) is 35.1. The third-order valence-electron chi connectivity index (χ3n) is 1.53. The number of hydrogen-bond donors (Lipinski definition) is 4. The van der Waals surface area contributed by atoms with Crippen molar-refractivity contribution in [2.75, 3.05) is 0 Å². The SMILES string of the molecule is O=C1OC(O)(C(=O)O)OC(=O)C(O)C1O. The van der Waals surface area contributed by atoms with Gasteiger partial charge in [0.05, 0.1) is 0 Å². The molecule has 0 aromatic rings. The molecule has 2 atom stereocenters. The predicted octanol–water partition coefficient (Wildman–Crippen LogP) is -3.46. The maximum atomic E-state index is 10.8. The van der Waals surface area contributed by atoms with E-state index in [2.05, 4.69) is 9.47 Å². The highest BCUT2D eigenvalue weighted by atomic mass is 16.9. The molecule has 0 aromatic carbocycles. The molecule has 1 aliphatic rings. The summed E-state index contributed by atoms with van der Waals surface area (Å²) in [6, 6.07) is 0. The number of cyclic esters (lactones) is 2. The van der Waals surface area contributed by atoms with Gasteiger partial charge in [0.25, 0.3) is 0 Å². The van der Waals surface area contributed by atoms with Crippen LogP contribution in [0.15, 0.2) is 0 Å². The van der Waals surface area contributed by atoms with Crippen molar-refractivity contribution in [3.05, 3.63) is 0 Å². The smallest absolute Gasteiger partial charge is 0.473 e. The standard InChI is InChI=1S/C6H6O9/c7-1-2(8)4(10)15-6(13,5(11)12)14-3(1)9/h1-2,7-8,13H,(H,11,12). The Hall–Kier alpha value is -1.71. The highest BCUT2D eigenvalue weighted by Gasteiger charge is 2.53. The van der Waals surface area contributed by atoms with Crippen LogP contribution in [0.5, 0.6) is 0 Å².